The predicted molar refractivity (Wildman–Crippen MR) is 84.1 cm³/mol. The number of carbonyl (C=O) groups excluding carboxylic acids is 1. The fourth-order valence-electron chi connectivity index (χ4n) is 3.12. The molecule has 0 atom stereocenters. The SMILES string of the molecule is NC/C(=C\F)COc1ccc2c(c1)CC1(CCOCC1)NC2=O. The van der Waals surface area contributed by atoms with Crippen LogP contribution in [0.4, 0.5) is 4.39 Å². The number of rotatable bonds is 4. The Hall–Kier alpha value is -1.92. The van der Waals surface area contributed by atoms with Crippen molar-refractivity contribution in [1.29, 1.82) is 0 Å². The lowest BCUT2D eigenvalue weighted by Crippen LogP contribution is -2.56. The first-order chi connectivity index (χ1) is 11.2. The van der Waals surface area contributed by atoms with Crippen LogP contribution >= 0.6 is 0 Å². The normalized spacial score (nSPS) is 20.1. The number of nitrogens with two attached hydrogens (primary N) is 1. The number of fused-ring (bicyclic) bond motifs is 1. The van der Waals surface area contributed by atoms with Gasteiger partial charge in [-0.2, -0.15) is 0 Å². The Morgan fingerprint density at radius 2 is 2.22 bits per heavy atom. The Balaban J connectivity index is 1.78. The van der Waals surface area contributed by atoms with E-state index >= 15 is 0 Å². The molecule has 2 aliphatic rings. The van der Waals surface area contributed by atoms with Crippen molar-refractivity contribution >= 4 is 5.91 Å². The van der Waals surface area contributed by atoms with Gasteiger partial charge in [0.2, 0.25) is 0 Å². The van der Waals surface area contributed by atoms with Crippen molar-refractivity contribution in [2.45, 2.75) is 24.8 Å². The van der Waals surface area contributed by atoms with Gasteiger partial charge in [-0.25, -0.2) is 4.39 Å². The number of hydrogen-bond acceptors (Lipinski definition) is 4. The van der Waals surface area contributed by atoms with Crippen LogP contribution in [0, 0.1) is 0 Å². The van der Waals surface area contributed by atoms with Crippen LogP contribution in [0.15, 0.2) is 30.1 Å². The summed E-state index contributed by atoms with van der Waals surface area (Å²) in [4.78, 5) is 12.4. The van der Waals surface area contributed by atoms with Crippen LogP contribution in [0.3, 0.4) is 0 Å². The zero-order valence-corrected chi connectivity index (χ0v) is 12.9. The standard InChI is InChI=1S/C17H21FN2O3/c18-9-12(10-19)11-23-14-1-2-15-13(7-14)8-17(20-16(15)21)3-5-22-6-4-17/h1-2,7,9H,3-6,8,10-11,19H2,(H,20,21)/b12-9+. The second kappa shape index (κ2) is 6.68. The first-order valence-electron chi connectivity index (χ1n) is 7.80. The molecule has 124 valence electrons. The summed E-state index contributed by atoms with van der Waals surface area (Å²) in [5, 5.41) is 3.14. The van der Waals surface area contributed by atoms with Gasteiger partial charge in [0.1, 0.15) is 12.4 Å². The van der Waals surface area contributed by atoms with Crippen molar-refractivity contribution in [3.05, 3.63) is 41.2 Å². The van der Waals surface area contributed by atoms with Crippen molar-refractivity contribution in [3.8, 4) is 5.75 Å². The smallest absolute Gasteiger partial charge is 0.252 e. The molecule has 23 heavy (non-hydrogen) atoms. The molecule has 0 unspecified atom stereocenters. The van der Waals surface area contributed by atoms with Gasteiger partial charge >= 0.3 is 0 Å². The van der Waals surface area contributed by atoms with Gasteiger partial charge in [-0.15, -0.1) is 0 Å². The Morgan fingerprint density at radius 3 is 2.91 bits per heavy atom. The first kappa shape index (κ1) is 16.0. The van der Waals surface area contributed by atoms with Crippen molar-refractivity contribution in [2.75, 3.05) is 26.4 Å². The molecule has 6 heteroatoms. The van der Waals surface area contributed by atoms with Crippen LogP contribution in [0.2, 0.25) is 0 Å². The number of ether oxygens (including phenoxy) is 2. The van der Waals surface area contributed by atoms with Crippen molar-refractivity contribution in [1.82, 2.24) is 5.32 Å². The largest absolute Gasteiger partial charge is 0.489 e. The van der Waals surface area contributed by atoms with E-state index in [1.54, 1.807) is 12.1 Å². The van der Waals surface area contributed by atoms with E-state index in [1.165, 1.54) is 0 Å². The molecule has 0 saturated carbocycles. The molecule has 1 spiro atoms. The number of halogens is 1. The molecule has 1 amide bonds. The molecule has 3 N–H and O–H groups in total. The molecule has 2 aliphatic heterocycles. The van der Waals surface area contributed by atoms with E-state index in [9.17, 15) is 9.18 Å². The van der Waals surface area contributed by atoms with Gasteiger partial charge in [0.25, 0.3) is 5.91 Å². The topological polar surface area (TPSA) is 73.6 Å². The molecule has 0 aromatic heterocycles. The maximum Gasteiger partial charge on any atom is 0.252 e. The monoisotopic (exact) mass is 320 g/mol. The molecule has 5 nitrogen and oxygen atoms in total. The van der Waals surface area contributed by atoms with Gasteiger partial charge in [-0.05, 0) is 43.0 Å². The zero-order valence-electron chi connectivity index (χ0n) is 12.9. The first-order valence-corrected chi connectivity index (χ1v) is 7.80. The minimum Gasteiger partial charge on any atom is -0.489 e. The maximum absolute atomic E-state index is 12.5. The van der Waals surface area contributed by atoms with Crippen molar-refractivity contribution in [2.24, 2.45) is 5.73 Å². The Kier molecular flexibility index (Phi) is 4.63. The lowest BCUT2D eigenvalue weighted by molar-refractivity contribution is 0.0334. The fourth-order valence-corrected chi connectivity index (χ4v) is 3.12. The summed E-state index contributed by atoms with van der Waals surface area (Å²) in [7, 11) is 0. The molecule has 3 rings (SSSR count). The molecular weight excluding hydrogens is 299 g/mol. The number of nitrogens with one attached hydrogen (secondary N) is 1. The molecule has 1 fully saturated rings. The fraction of sp³-hybridized carbons (Fsp3) is 0.471. The Labute approximate surface area is 134 Å². The van der Waals surface area contributed by atoms with E-state index in [0.717, 1.165) is 24.8 Å². The molecule has 1 saturated heterocycles. The summed E-state index contributed by atoms with van der Waals surface area (Å²) < 4.78 is 23.5. The molecule has 0 bridgehead atoms. The Bertz CT molecular complexity index is 624. The quantitative estimate of drug-likeness (QED) is 0.886. The highest BCUT2D eigenvalue weighted by Crippen LogP contribution is 2.32. The van der Waals surface area contributed by atoms with E-state index in [-0.39, 0.29) is 24.6 Å². The zero-order chi connectivity index (χ0) is 16.3. The third-order valence-electron chi connectivity index (χ3n) is 4.52. The number of carbonyl (C=O) groups is 1. The van der Waals surface area contributed by atoms with Crippen LogP contribution in [0.5, 0.6) is 5.75 Å². The van der Waals surface area contributed by atoms with Gasteiger partial charge < -0.3 is 20.5 Å². The van der Waals surface area contributed by atoms with E-state index in [2.05, 4.69) is 5.32 Å². The van der Waals surface area contributed by atoms with Crippen LogP contribution in [-0.2, 0) is 11.2 Å². The minimum absolute atomic E-state index is 0.0500. The molecule has 0 aliphatic carbocycles. The second-order valence-electron chi connectivity index (χ2n) is 6.10. The average molecular weight is 320 g/mol. The summed E-state index contributed by atoms with van der Waals surface area (Å²) in [6, 6.07) is 5.36. The highest BCUT2D eigenvalue weighted by atomic mass is 19.1. The van der Waals surface area contributed by atoms with Gasteiger partial charge in [-0.1, -0.05) is 0 Å². The van der Waals surface area contributed by atoms with Crippen molar-refractivity contribution in [3.63, 3.8) is 0 Å². The van der Waals surface area contributed by atoms with Crippen LogP contribution in [0.1, 0.15) is 28.8 Å². The van der Waals surface area contributed by atoms with Gasteiger partial charge in [0, 0.05) is 36.4 Å². The van der Waals surface area contributed by atoms with Gasteiger partial charge in [0.15, 0.2) is 0 Å². The molecule has 2 heterocycles. The van der Waals surface area contributed by atoms with Gasteiger partial charge in [0.05, 0.1) is 6.33 Å². The summed E-state index contributed by atoms with van der Waals surface area (Å²) in [5.41, 5.74) is 7.23. The number of hydrogen-bond donors (Lipinski definition) is 2. The molecular formula is C17H21FN2O3. The molecule has 1 aromatic rings. The van der Waals surface area contributed by atoms with Crippen LogP contribution in [0.25, 0.3) is 0 Å². The minimum atomic E-state index is -0.220. The van der Waals surface area contributed by atoms with Gasteiger partial charge in [-0.3, -0.25) is 4.79 Å². The predicted octanol–water partition coefficient (Wildman–Crippen LogP) is 1.71. The lowest BCUT2D eigenvalue weighted by atomic mass is 9.79. The lowest BCUT2D eigenvalue weighted by Gasteiger charge is -2.41. The molecule has 1 aromatic carbocycles. The average Bonchev–Trinajstić information content (AvgIpc) is 2.56. The molecule has 0 radical (unpaired) electrons. The van der Waals surface area contributed by atoms with E-state index in [1.807, 2.05) is 6.07 Å². The summed E-state index contributed by atoms with van der Waals surface area (Å²) >= 11 is 0. The second-order valence-corrected chi connectivity index (χ2v) is 6.10. The number of benzene rings is 1. The van der Waals surface area contributed by atoms with Crippen LogP contribution in [-0.4, -0.2) is 37.8 Å². The summed E-state index contributed by atoms with van der Waals surface area (Å²) in [6.07, 6.45) is 2.86. The Morgan fingerprint density at radius 1 is 1.43 bits per heavy atom. The third-order valence-corrected chi connectivity index (χ3v) is 4.52. The summed E-state index contributed by atoms with van der Waals surface area (Å²) in [6.45, 7) is 1.55. The number of amides is 1. The van der Waals surface area contributed by atoms with Crippen molar-refractivity contribution < 1.29 is 18.7 Å². The third kappa shape index (κ3) is 3.38. The maximum atomic E-state index is 12.5. The van der Waals surface area contributed by atoms with E-state index in [0.29, 0.717) is 36.4 Å². The highest BCUT2D eigenvalue weighted by molar-refractivity contribution is 5.97. The highest BCUT2D eigenvalue weighted by Gasteiger charge is 2.39. The summed E-state index contributed by atoms with van der Waals surface area (Å²) in [5.74, 6) is 0.569. The van der Waals surface area contributed by atoms with E-state index in [4.69, 9.17) is 15.2 Å². The van der Waals surface area contributed by atoms with E-state index < -0.39 is 0 Å². The van der Waals surface area contributed by atoms with Crippen LogP contribution < -0.4 is 15.8 Å².